The van der Waals surface area contributed by atoms with Crippen molar-refractivity contribution >= 4 is 45.2 Å². The van der Waals surface area contributed by atoms with Crippen LogP contribution in [0.25, 0.3) is 21.9 Å². The summed E-state index contributed by atoms with van der Waals surface area (Å²) in [5, 5.41) is 12.4. The molecule has 160 valence electrons. The van der Waals surface area contributed by atoms with E-state index in [1.54, 1.807) is 12.1 Å². The molecular formula is C22H22ClFN6O. The molecule has 0 amide bonds. The van der Waals surface area contributed by atoms with Gasteiger partial charge < -0.3 is 21.1 Å². The number of anilines is 2. The number of aliphatic hydroxyl groups is 1. The molecule has 1 aliphatic rings. The van der Waals surface area contributed by atoms with Gasteiger partial charge in [0.05, 0.1) is 22.0 Å². The number of nitrogen functional groups attached to an aromatic ring is 2. The van der Waals surface area contributed by atoms with Gasteiger partial charge in [-0.2, -0.15) is 0 Å². The third kappa shape index (κ3) is 3.55. The molecule has 31 heavy (non-hydrogen) atoms. The van der Waals surface area contributed by atoms with Crippen LogP contribution < -0.4 is 11.5 Å². The lowest BCUT2D eigenvalue weighted by Gasteiger charge is -2.15. The van der Waals surface area contributed by atoms with E-state index < -0.39 is 6.10 Å². The van der Waals surface area contributed by atoms with Gasteiger partial charge in [-0.3, -0.25) is 0 Å². The molecule has 0 spiro atoms. The normalized spacial score (nSPS) is 21.3. The van der Waals surface area contributed by atoms with Crippen molar-refractivity contribution in [2.45, 2.75) is 37.8 Å². The molecule has 1 saturated carbocycles. The highest BCUT2D eigenvalue weighted by Gasteiger charge is 2.34. The molecule has 1 aromatic carbocycles. The van der Waals surface area contributed by atoms with Crippen LogP contribution in [-0.2, 0) is 6.42 Å². The number of hydrogen-bond donors (Lipinski definition) is 3. The zero-order valence-corrected chi connectivity index (χ0v) is 17.4. The molecule has 5 N–H and O–H groups in total. The van der Waals surface area contributed by atoms with Gasteiger partial charge >= 0.3 is 0 Å². The van der Waals surface area contributed by atoms with Crippen LogP contribution >= 0.6 is 11.6 Å². The second-order valence-corrected chi connectivity index (χ2v) is 8.61. The molecule has 7 nitrogen and oxygen atoms in total. The molecule has 1 aliphatic carbocycles. The van der Waals surface area contributed by atoms with Gasteiger partial charge in [-0.25, -0.2) is 19.3 Å². The monoisotopic (exact) mass is 440 g/mol. The molecular weight excluding hydrogens is 419 g/mol. The molecule has 5 rings (SSSR count). The number of pyridine rings is 1. The minimum absolute atomic E-state index is 0.0555. The lowest BCUT2D eigenvalue weighted by Crippen LogP contribution is -2.14. The zero-order valence-electron chi connectivity index (χ0n) is 16.7. The summed E-state index contributed by atoms with van der Waals surface area (Å²) in [4.78, 5) is 12.6. The molecule has 3 heterocycles. The Morgan fingerprint density at radius 3 is 2.84 bits per heavy atom. The first-order chi connectivity index (χ1) is 14.9. The molecule has 3 aromatic heterocycles. The van der Waals surface area contributed by atoms with Gasteiger partial charge in [0.15, 0.2) is 0 Å². The van der Waals surface area contributed by atoms with Crippen LogP contribution in [0, 0.1) is 11.7 Å². The average Bonchev–Trinajstić information content (AvgIpc) is 3.32. The Morgan fingerprint density at radius 1 is 1.16 bits per heavy atom. The van der Waals surface area contributed by atoms with Gasteiger partial charge in [-0.05, 0) is 61.4 Å². The van der Waals surface area contributed by atoms with Crippen molar-refractivity contribution < 1.29 is 9.50 Å². The SMILES string of the molecule is Nc1nc2cc(CCC3CC(n4ccc5c(N)ncnc54)C[C@@H]3O)c(F)cc2cc1Cl. The predicted molar refractivity (Wildman–Crippen MR) is 119 cm³/mol. The predicted octanol–water partition coefficient (Wildman–Crippen LogP) is 3.88. The molecule has 1 fully saturated rings. The number of rotatable bonds is 4. The van der Waals surface area contributed by atoms with Crippen molar-refractivity contribution in [1.29, 1.82) is 0 Å². The first-order valence-corrected chi connectivity index (χ1v) is 10.6. The van der Waals surface area contributed by atoms with Crippen LogP contribution in [0.5, 0.6) is 0 Å². The number of aliphatic hydroxyl groups excluding tert-OH is 1. The van der Waals surface area contributed by atoms with E-state index in [4.69, 9.17) is 23.1 Å². The van der Waals surface area contributed by atoms with E-state index in [9.17, 15) is 9.50 Å². The van der Waals surface area contributed by atoms with E-state index >= 15 is 0 Å². The molecule has 0 radical (unpaired) electrons. The summed E-state index contributed by atoms with van der Waals surface area (Å²) in [6.07, 6.45) is 5.51. The van der Waals surface area contributed by atoms with Gasteiger partial charge in [0.2, 0.25) is 0 Å². The molecule has 2 unspecified atom stereocenters. The van der Waals surface area contributed by atoms with Crippen molar-refractivity contribution in [3.63, 3.8) is 0 Å². The number of nitrogens with zero attached hydrogens (tertiary/aromatic N) is 4. The first kappa shape index (κ1) is 20.0. The lowest BCUT2D eigenvalue weighted by atomic mass is 9.95. The highest BCUT2D eigenvalue weighted by atomic mass is 35.5. The minimum atomic E-state index is -0.460. The number of fused-ring (bicyclic) bond motifs is 2. The fourth-order valence-corrected chi connectivity index (χ4v) is 4.82. The van der Waals surface area contributed by atoms with Gasteiger partial charge in [0.25, 0.3) is 0 Å². The van der Waals surface area contributed by atoms with Crippen LogP contribution in [0.15, 0.2) is 36.8 Å². The maximum atomic E-state index is 14.6. The third-order valence-corrected chi connectivity index (χ3v) is 6.62. The highest BCUT2D eigenvalue weighted by Crippen LogP contribution is 2.39. The number of aryl methyl sites for hydroxylation is 1. The molecule has 9 heteroatoms. The summed E-state index contributed by atoms with van der Waals surface area (Å²) < 4.78 is 16.7. The number of aromatic nitrogens is 4. The summed E-state index contributed by atoms with van der Waals surface area (Å²) in [6, 6.07) is 6.79. The minimum Gasteiger partial charge on any atom is -0.393 e. The van der Waals surface area contributed by atoms with E-state index in [1.807, 2.05) is 12.3 Å². The van der Waals surface area contributed by atoms with Crippen molar-refractivity contribution in [3.05, 3.63) is 53.2 Å². The standard InChI is InChI=1S/C22H22ClFN6O/c23-16-6-13-7-17(24)11(8-18(13)29-21(16)26)1-2-12-5-14(9-19(12)31)30-4-3-15-20(25)27-10-28-22(15)30/h3-4,6-8,10,12,14,19,31H,1-2,5,9H2,(H2,26,29)(H2,25,27,28)/t12?,14?,19-/m0/s1. The van der Waals surface area contributed by atoms with Gasteiger partial charge in [0.1, 0.15) is 29.4 Å². The fraction of sp³-hybridized carbons (Fsp3) is 0.318. The van der Waals surface area contributed by atoms with Crippen molar-refractivity contribution in [3.8, 4) is 0 Å². The van der Waals surface area contributed by atoms with Gasteiger partial charge in [0, 0.05) is 17.6 Å². The Morgan fingerprint density at radius 2 is 2.00 bits per heavy atom. The summed E-state index contributed by atoms with van der Waals surface area (Å²) in [6.45, 7) is 0. The molecule has 0 saturated heterocycles. The first-order valence-electron chi connectivity index (χ1n) is 10.2. The molecule has 3 atom stereocenters. The summed E-state index contributed by atoms with van der Waals surface area (Å²) in [5.74, 6) is 0.424. The molecule has 4 aromatic rings. The Hall–Kier alpha value is -2.97. The van der Waals surface area contributed by atoms with E-state index in [-0.39, 0.29) is 23.6 Å². The van der Waals surface area contributed by atoms with Crippen LogP contribution in [0.1, 0.15) is 30.9 Å². The third-order valence-electron chi connectivity index (χ3n) is 6.31. The lowest BCUT2D eigenvalue weighted by molar-refractivity contribution is 0.127. The van der Waals surface area contributed by atoms with Crippen LogP contribution in [0.4, 0.5) is 16.0 Å². The Balaban J connectivity index is 1.33. The zero-order chi connectivity index (χ0) is 21.7. The summed E-state index contributed by atoms with van der Waals surface area (Å²) >= 11 is 5.99. The van der Waals surface area contributed by atoms with Crippen LogP contribution in [0.3, 0.4) is 0 Å². The van der Waals surface area contributed by atoms with E-state index in [2.05, 4.69) is 19.5 Å². The van der Waals surface area contributed by atoms with Crippen molar-refractivity contribution in [2.75, 3.05) is 11.5 Å². The Kier molecular flexibility index (Phi) is 4.91. The maximum absolute atomic E-state index is 14.6. The quantitative estimate of drug-likeness (QED) is 0.443. The summed E-state index contributed by atoms with van der Waals surface area (Å²) in [7, 11) is 0. The maximum Gasteiger partial charge on any atom is 0.145 e. The second-order valence-electron chi connectivity index (χ2n) is 8.20. The Bertz CT molecular complexity index is 1290. The topological polar surface area (TPSA) is 116 Å². The number of benzene rings is 1. The largest absolute Gasteiger partial charge is 0.393 e. The van der Waals surface area contributed by atoms with Gasteiger partial charge in [-0.15, -0.1) is 0 Å². The molecule has 0 aliphatic heterocycles. The Labute approximate surface area is 182 Å². The van der Waals surface area contributed by atoms with E-state index in [0.29, 0.717) is 46.6 Å². The van der Waals surface area contributed by atoms with Gasteiger partial charge in [-0.1, -0.05) is 11.6 Å². The average molecular weight is 441 g/mol. The van der Waals surface area contributed by atoms with E-state index in [0.717, 1.165) is 17.5 Å². The summed E-state index contributed by atoms with van der Waals surface area (Å²) in [5.41, 5.74) is 13.7. The fourth-order valence-electron chi connectivity index (χ4n) is 4.66. The van der Waals surface area contributed by atoms with Crippen LogP contribution in [0.2, 0.25) is 5.02 Å². The smallest absolute Gasteiger partial charge is 0.145 e. The second kappa shape index (κ2) is 7.62. The van der Waals surface area contributed by atoms with Crippen molar-refractivity contribution in [2.24, 2.45) is 5.92 Å². The number of nitrogens with two attached hydrogens (primary N) is 2. The van der Waals surface area contributed by atoms with Crippen LogP contribution in [-0.4, -0.2) is 30.7 Å². The van der Waals surface area contributed by atoms with Crippen molar-refractivity contribution in [1.82, 2.24) is 19.5 Å². The molecule has 0 bridgehead atoms. The van der Waals surface area contributed by atoms with E-state index in [1.165, 1.54) is 12.4 Å². The number of hydrogen-bond acceptors (Lipinski definition) is 6. The number of halogens is 2. The highest BCUT2D eigenvalue weighted by molar-refractivity contribution is 6.33.